The second-order valence-electron chi connectivity index (χ2n) is 3.01. The Morgan fingerprint density at radius 3 is 1.92 bits per heavy atom. The Kier molecular flexibility index (Phi) is 8.77. The monoisotopic (exact) mass is 156 g/mol. The first-order valence-electron chi connectivity index (χ1n) is 4.82. The summed E-state index contributed by atoms with van der Waals surface area (Å²) >= 11 is 2.21. The molecule has 0 nitrogen and oxygen atoms in total. The molecular weight excluding hydrogens is 139 g/mol. The quantitative estimate of drug-likeness (QED) is 0.576. The zero-order valence-corrected chi connectivity index (χ0v) is 8.51. The number of aryl methyl sites for hydroxylation is 1. The van der Waals surface area contributed by atoms with Crippen molar-refractivity contribution in [3.63, 3.8) is 0 Å². The van der Waals surface area contributed by atoms with E-state index in [0.717, 1.165) is 0 Å². The van der Waals surface area contributed by atoms with Crippen LogP contribution in [0.1, 0.15) is 25.3 Å². The third-order valence-corrected chi connectivity index (χ3v) is 1.65. The van der Waals surface area contributed by atoms with Crippen molar-refractivity contribution in [3.8, 4) is 0 Å². The molecule has 1 heteroatoms. The Labute approximate surface area is 85.6 Å². The standard InChI is InChI=1S/C7H8.C4H9.Li/c1-7-5-3-2-4-6-7;1-3-4-2;/h2-6H,1H3;1,3-4H2,2H3;. The van der Waals surface area contributed by atoms with E-state index >= 15 is 0 Å². The van der Waals surface area contributed by atoms with E-state index in [1.807, 2.05) is 18.2 Å². The van der Waals surface area contributed by atoms with Crippen molar-refractivity contribution in [3.05, 3.63) is 35.9 Å². The maximum absolute atomic E-state index is 2.21. The Morgan fingerprint density at radius 2 is 1.75 bits per heavy atom. The van der Waals surface area contributed by atoms with Gasteiger partial charge in [-0.25, -0.2) is 0 Å². The molecule has 1 aromatic rings. The first-order chi connectivity index (χ1) is 5.81. The van der Waals surface area contributed by atoms with E-state index in [2.05, 4.69) is 43.7 Å². The van der Waals surface area contributed by atoms with Crippen LogP contribution in [0.4, 0.5) is 0 Å². The third-order valence-electron chi connectivity index (χ3n) is 1.65. The summed E-state index contributed by atoms with van der Waals surface area (Å²) < 4.78 is 0. The predicted molar refractivity (Wildman–Crippen MR) is 56.6 cm³/mol. The van der Waals surface area contributed by atoms with E-state index in [0.29, 0.717) is 0 Å². The molecule has 0 fully saturated rings. The van der Waals surface area contributed by atoms with Gasteiger partial charge in [-0.05, 0) is 6.92 Å². The molecule has 1 aromatic carbocycles. The molecule has 0 spiro atoms. The number of hydrogen-bond donors (Lipinski definition) is 0. The number of hydrogen-bond acceptors (Lipinski definition) is 0. The SMILES string of the molecule is Cc1ccccc1.[Li][CH2]CCC. The van der Waals surface area contributed by atoms with Crippen molar-refractivity contribution in [1.82, 2.24) is 0 Å². The van der Waals surface area contributed by atoms with E-state index < -0.39 is 0 Å². The van der Waals surface area contributed by atoms with Crippen LogP contribution in [0.15, 0.2) is 30.3 Å². The Hall–Kier alpha value is -0.183. The van der Waals surface area contributed by atoms with E-state index in [1.54, 1.807) is 0 Å². The van der Waals surface area contributed by atoms with Crippen LogP contribution in [0, 0.1) is 6.92 Å². The van der Waals surface area contributed by atoms with Crippen LogP contribution < -0.4 is 0 Å². The Bertz CT molecular complexity index is 168. The first-order valence-corrected chi connectivity index (χ1v) is 4.82. The van der Waals surface area contributed by atoms with Gasteiger partial charge in [-0.2, -0.15) is 0 Å². The van der Waals surface area contributed by atoms with Gasteiger partial charge in [0.05, 0.1) is 0 Å². The van der Waals surface area contributed by atoms with Crippen LogP contribution in [0.5, 0.6) is 0 Å². The van der Waals surface area contributed by atoms with Gasteiger partial charge in [0.15, 0.2) is 0 Å². The molecular formula is C11H17Li. The van der Waals surface area contributed by atoms with Gasteiger partial charge in [0.25, 0.3) is 0 Å². The average molecular weight is 156 g/mol. The summed E-state index contributed by atoms with van der Waals surface area (Å²) in [4.78, 5) is 0. The summed E-state index contributed by atoms with van der Waals surface area (Å²) in [5, 5.41) is 1.34. The molecule has 0 N–H and O–H groups in total. The molecule has 1 rings (SSSR count). The summed E-state index contributed by atoms with van der Waals surface area (Å²) in [5.41, 5.74) is 1.32. The van der Waals surface area contributed by atoms with Crippen LogP contribution in [0.3, 0.4) is 0 Å². The van der Waals surface area contributed by atoms with E-state index in [4.69, 9.17) is 0 Å². The molecule has 12 heavy (non-hydrogen) atoms. The summed E-state index contributed by atoms with van der Waals surface area (Å²) in [6, 6.07) is 10.3. The fourth-order valence-electron chi connectivity index (χ4n) is 0.888. The summed E-state index contributed by atoms with van der Waals surface area (Å²) in [7, 11) is 0. The summed E-state index contributed by atoms with van der Waals surface area (Å²) in [6.07, 6.45) is 2.73. The molecule has 0 saturated heterocycles. The topological polar surface area (TPSA) is 0 Å². The second-order valence-corrected chi connectivity index (χ2v) is 3.01. The Balaban J connectivity index is 0.000000217. The van der Waals surface area contributed by atoms with Crippen LogP contribution in [0.25, 0.3) is 0 Å². The second kappa shape index (κ2) is 8.91. The summed E-state index contributed by atoms with van der Waals surface area (Å²) in [5.74, 6) is 0. The molecule has 0 heterocycles. The van der Waals surface area contributed by atoms with Crippen molar-refractivity contribution < 1.29 is 0 Å². The molecule has 0 bridgehead atoms. The van der Waals surface area contributed by atoms with E-state index in [9.17, 15) is 0 Å². The van der Waals surface area contributed by atoms with Crippen LogP contribution in [-0.2, 0) is 0 Å². The van der Waals surface area contributed by atoms with Crippen molar-refractivity contribution >= 4 is 17.7 Å². The molecule has 0 aromatic heterocycles. The number of benzene rings is 1. The van der Waals surface area contributed by atoms with E-state index in [-0.39, 0.29) is 0 Å². The zero-order chi connectivity index (χ0) is 9.23. The molecule has 0 atom stereocenters. The van der Waals surface area contributed by atoms with Gasteiger partial charge in [0.2, 0.25) is 0 Å². The number of rotatable bonds is 2. The minimum atomic E-state index is 1.32. The van der Waals surface area contributed by atoms with Gasteiger partial charge in [-0.1, -0.05) is 35.9 Å². The van der Waals surface area contributed by atoms with Crippen LogP contribution >= 0.6 is 0 Å². The van der Waals surface area contributed by atoms with Gasteiger partial charge < -0.3 is 0 Å². The zero-order valence-electron chi connectivity index (χ0n) is 8.51. The molecule has 0 aliphatic rings. The molecule has 62 valence electrons. The minimum absolute atomic E-state index is 1.32. The number of unbranched alkanes of at least 4 members (excludes halogenated alkanes) is 1. The molecule has 0 aliphatic heterocycles. The summed E-state index contributed by atoms with van der Waals surface area (Å²) in [6.45, 7) is 4.30. The molecule has 0 unspecified atom stereocenters. The molecule has 0 aliphatic carbocycles. The van der Waals surface area contributed by atoms with Crippen molar-refractivity contribution in [1.29, 1.82) is 0 Å². The normalized spacial score (nSPS) is 8.67. The third kappa shape index (κ3) is 7.92. The average Bonchev–Trinajstić information content (AvgIpc) is 2.08. The Morgan fingerprint density at radius 1 is 1.17 bits per heavy atom. The molecule has 0 saturated carbocycles. The maximum atomic E-state index is 2.21. The van der Waals surface area contributed by atoms with Gasteiger partial charge >= 0.3 is 42.6 Å². The fraction of sp³-hybridized carbons (Fsp3) is 0.455. The molecule has 0 radical (unpaired) electrons. The van der Waals surface area contributed by atoms with Gasteiger partial charge in [-0.3, -0.25) is 0 Å². The predicted octanol–water partition coefficient (Wildman–Crippen LogP) is 3.37. The van der Waals surface area contributed by atoms with Crippen molar-refractivity contribution in [2.45, 2.75) is 31.8 Å². The van der Waals surface area contributed by atoms with Gasteiger partial charge in [-0.15, -0.1) is 0 Å². The van der Waals surface area contributed by atoms with E-state index in [1.165, 1.54) is 23.5 Å². The fourth-order valence-corrected chi connectivity index (χ4v) is 0.888. The van der Waals surface area contributed by atoms with Crippen molar-refractivity contribution in [2.75, 3.05) is 0 Å². The van der Waals surface area contributed by atoms with Crippen LogP contribution in [-0.4, -0.2) is 17.7 Å². The van der Waals surface area contributed by atoms with Gasteiger partial charge in [0, 0.05) is 0 Å². The first kappa shape index (κ1) is 11.8. The van der Waals surface area contributed by atoms with Crippen LogP contribution in [0.2, 0.25) is 5.09 Å². The van der Waals surface area contributed by atoms with Crippen molar-refractivity contribution in [2.24, 2.45) is 0 Å². The molecule has 0 amide bonds. The van der Waals surface area contributed by atoms with Gasteiger partial charge in [0.1, 0.15) is 0 Å².